The second-order valence-corrected chi connectivity index (χ2v) is 9.37. The minimum absolute atomic E-state index is 0.115. The molecular formula is C27H26N4OS. The highest BCUT2D eigenvalue weighted by molar-refractivity contribution is 8.00. The van der Waals surface area contributed by atoms with Crippen molar-refractivity contribution in [3.63, 3.8) is 0 Å². The molecule has 0 unspecified atom stereocenters. The minimum Gasteiger partial charge on any atom is -0.322 e. The standard InChI is InChI=1S/C27H26N4OS/c1-19-7-10-21(18-23(19)24-13-14-25-26(30-24)6-5-15-28-25)29-27(32)20-8-11-22(12-9-20)31-16-3-2-4-17-33-31/h5-15,18H,2-4,16-17H2,1H3,(H,29,32). The largest absolute Gasteiger partial charge is 0.322 e. The van der Waals surface area contributed by atoms with Crippen molar-refractivity contribution >= 4 is 40.3 Å². The molecule has 0 aliphatic carbocycles. The van der Waals surface area contributed by atoms with Crippen LogP contribution in [0.1, 0.15) is 35.2 Å². The van der Waals surface area contributed by atoms with Gasteiger partial charge in [0.05, 0.1) is 16.7 Å². The number of pyridine rings is 2. The number of nitrogens with one attached hydrogen (secondary N) is 1. The highest BCUT2D eigenvalue weighted by Crippen LogP contribution is 2.29. The van der Waals surface area contributed by atoms with E-state index < -0.39 is 0 Å². The van der Waals surface area contributed by atoms with Gasteiger partial charge in [0.15, 0.2) is 0 Å². The van der Waals surface area contributed by atoms with Crippen molar-refractivity contribution in [1.82, 2.24) is 9.97 Å². The first-order valence-corrected chi connectivity index (χ1v) is 12.3. The molecule has 2 aromatic heterocycles. The summed E-state index contributed by atoms with van der Waals surface area (Å²) in [4.78, 5) is 22.0. The first kappa shape index (κ1) is 21.5. The van der Waals surface area contributed by atoms with E-state index in [0.29, 0.717) is 5.56 Å². The van der Waals surface area contributed by atoms with Gasteiger partial charge >= 0.3 is 0 Å². The molecule has 1 aliphatic rings. The predicted octanol–water partition coefficient (Wildman–Crippen LogP) is 6.50. The van der Waals surface area contributed by atoms with Crippen LogP contribution < -0.4 is 9.62 Å². The number of amides is 1. The van der Waals surface area contributed by atoms with Gasteiger partial charge in [0.25, 0.3) is 5.91 Å². The van der Waals surface area contributed by atoms with Crippen molar-refractivity contribution in [2.24, 2.45) is 0 Å². The zero-order chi connectivity index (χ0) is 22.6. The summed E-state index contributed by atoms with van der Waals surface area (Å²) >= 11 is 1.88. The second kappa shape index (κ2) is 9.63. The van der Waals surface area contributed by atoms with Crippen LogP contribution in [0.3, 0.4) is 0 Å². The Morgan fingerprint density at radius 1 is 0.970 bits per heavy atom. The van der Waals surface area contributed by atoms with Crippen LogP contribution in [0.2, 0.25) is 0 Å². The Balaban J connectivity index is 1.34. The van der Waals surface area contributed by atoms with Crippen LogP contribution >= 0.6 is 11.9 Å². The molecule has 1 saturated heterocycles. The second-order valence-electron chi connectivity index (χ2n) is 8.26. The average Bonchev–Trinajstić information content (AvgIpc) is 3.15. The van der Waals surface area contributed by atoms with E-state index in [4.69, 9.17) is 4.98 Å². The zero-order valence-corrected chi connectivity index (χ0v) is 19.4. The summed E-state index contributed by atoms with van der Waals surface area (Å²) in [5, 5.41) is 3.04. The van der Waals surface area contributed by atoms with E-state index in [9.17, 15) is 4.79 Å². The Bertz CT molecular complexity index is 1280. The van der Waals surface area contributed by atoms with Crippen LogP contribution in [0.25, 0.3) is 22.3 Å². The van der Waals surface area contributed by atoms with Gasteiger partial charge in [-0.15, -0.1) is 0 Å². The van der Waals surface area contributed by atoms with Gasteiger partial charge in [-0.05, 0) is 97.9 Å². The smallest absolute Gasteiger partial charge is 0.255 e. The Hall–Kier alpha value is -3.38. The van der Waals surface area contributed by atoms with E-state index in [0.717, 1.165) is 51.5 Å². The number of carbonyl (C=O) groups is 1. The Labute approximate surface area is 198 Å². The fourth-order valence-corrected chi connectivity index (χ4v) is 5.12. The van der Waals surface area contributed by atoms with E-state index in [1.807, 2.05) is 78.7 Å². The first-order chi connectivity index (χ1) is 16.2. The monoisotopic (exact) mass is 454 g/mol. The molecule has 1 N–H and O–H groups in total. The van der Waals surface area contributed by atoms with Crippen LogP contribution in [-0.4, -0.2) is 28.2 Å². The molecule has 2 aromatic carbocycles. The Kier molecular flexibility index (Phi) is 6.26. The van der Waals surface area contributed by atoms with Crippen molar-refractivity contribution in [2.45, 2.75) is 26.2 Å². The van der Waals surface area contributed by atoms with Crippen molar-refractivity contribution in [2.75, 3.05) is 21.9 Å². The lowest BCUT2D eigenvalue weighted by Gasteiger charge is -2.21. The molecule has 6 heteroatoms. The summed E-state index contributed by atoms with van der Waals surface area (Å²) < 4.78 is 2.34. The van der Waals surface area contributed by atoms with Gasteiger partial charge in [-0.25, -0.2) is 4.98 Å². The van der Waals surface area contributed by atoms with Crippen molar-refractivity contribution in [3.8, 4) is 11.3 Å². The summed E-state index contributed by atoms with van der Waals surface area (Å²) in [6.07, 6.45) is 5.54. The highest BCUT2D eigenvalue weighted by atomic mass is 32.2. The normalized spacial score (nSPS) is 14.2. The van der Waals surface area contributed by atoms with Crippen LogP contribution in [-0.2, 0) is 0 Å². The molecule has 5 nitrogen and oxygen atoms in total. The SMILES string of the molecule is Cc1ccc(NC(=O)c2ccc(N3CCCCCS3)cc2)cc1-c1ccc2ncccc2n1. The summed E-state index contributed by atoms with van der Waals surface area (Å²) in [6, 6.07) is 21.6. The molecule has 0 atom stereocenters. The predicted molar refractivity (Wildman–Crippen MR) is 138 cm³/mol. The van der Waals surface area contributed by atoms with Crippen LogP contribution in [0, 0.1) is 6.92 Å². The molecule has 33 heavy (non-hydrogen) atoms. The molecule has 5 rings (SSSR count). The van der Waals surface area contributed by atoms with Gasteiger partial charge in [0, 0.05) is 41.0 Å². The zero-order valence-electron chi connectivity index (χ0n) is 18.6. The minimum atomic E-state index is -0.115. The maximum atomic E-state index is 12.9. The summed E-state index contributed by atoms with van der Waals surface area (Å²) in [7, 11) is 0. The number of aromatic nitrogens is 2. The van der Waals surface area contributed by atoms with Crippen molar-refractivity contribution in [1.29, 1.82) is 0 Å². The van der Waals surface area contributed by atoms with Gasteiger partial charge in [0.2, 0.25) is 0 Å². The molecule has 0 bridgehead atoms. The van der Waals surface area contributed by atoms with Crippen LogP contribution in [0.15, 0.2) is 72.9 Å². The lowest BCUT2D eigenvalue weighted by molar-refractivity contribution is 0.102. The maximum Gasteiger partial charge on any atom is 0.255 e. The lowest BCUT2D eigenvalue weighted by atomic mass is 10.0. The molecular weight excluding hydrogens is 428 g/mol. The maximum absolute atomic E-state index is 12.9. The number of aryl methyl sites for hydroxylation is 1. The van der Waals surface area contributed by atoms with Gasteiger partial charge in [-0.2, -0.15) is 0 Å². The van der Waals surface area contributed by atoms with Gasteiger partial charge in [-0.3, -0.25) is 9.78 Å². The highest BCUT2D eigenvalue weighted by Gasteiger charge is 2.13. The summed E-state index contributed by atoms with van der Waals surface area (Å²) in [5.41, 5.74) is 7.24. The van der Waals surface area contributed by atoms with E-state index in [2.05, 4.69) is 21.5 Å². The molecule has 1 amide bonds. The van der Waals surface area contributed by atoms with Crippen molar-refractivity contribution in [3.05, 3.63) is 84.1 Å². The molecule has 0 spiro atoms. The number of anilines is 2. The molecule has 1 fully saturated rings. The fourth-order valence-electron chi connectivity index (χ4n) is 4.04. The number of hydrogen-bond acceptors (Lipinski definition) is 5. The van der Waals surface area contributed by atoms with E-state index in [-0.39, 0.29) is 5.91 Å². The topological polar surface area (TPSA) is 58.1 Å². The van der Waals surface area contributed by atoms with Gasteiger partial charge in [0.1, 0.15) is 0 Å². The van der Waals surface area contributed by atoms with E-state index in [1.54, 1.807) is 6.20 Å². The molecule has 4 aromatic rings. The number of carbonyl (C=O) groups excluding carboxylic acids is 1. The number of hydrogen-bond donors (Lipinski definition) is 1. The number of fused-ring (bicyclic) bond motifs is 1. The quantitative estimate of drug-likeness (QED) is 0.357. The van der Waals surface area contributed by atoms with Crippen LogP contribution in [0.4, 0.5) is 11.4 Å². The first-order valence-electron chi connectivity index (χ1n) is 11.3. The molecule has 1 aliphatic heterocycles. The summed E-state index contributed by atoms with van der Waals surface area (Å²) in [5.74, 6) is 1.04. The summed E-state index contributed by atoms with van der Waals surface area (Å²) in [6.45, 7) is 3.11. The third kappa shape index (κ3) is 4.86. The lowest BCUT2D eigenvalue weighted by Crippen LogP contribution is -2.15. The van der Waals surface area contributed by atoms with Gasteiger partial charge in [-0.1, -0.05) is 12.5 Å². The molecule has 3 heterocycles. The molecule has 0 saturated carbocycles. The molecule has 0 radical (unpaired) electrons. The average molecular weight is 455 g/mol. The van der Waals surface area contributed by atoms with E-state index >= 15 is 0 Å². The third-order valence-electron chi connectivity index (χ3n) is 5.90. The molecule has 166 valence electrons. The number of rotatable bonds is 4. The Morgan fingerprint density at radius 2 is 1.85 bits per heavy atom. The van der Waals surface area contributed by atoms with Crippen LogP contribution in [0.5, 0.6) is 0 Å². The number of nitrogens with zero attached hydrogens (tertiary/aromatic N) is 3. The third-order valence-corrected chi connectivity index (χ3v) is 7.07. The fraction of sp³-hybridized carbons (Fsp3) is 0.222. The Morgan fingerprint density at radius 3 is 2.73 bits per heavy atom. The van der Waals surface area contributed by atoms with Gasteiger partial charge < -0.3 is 9.62 Å². The number of benzene rings is 2. The van der Waals surface area contributed by atoms with E-state index in [1.165, 1.54) is 19.3 Å². The van der Waals surface area contributed by atoms with Crippen molar-refractivity contribution < 1.29 is 4.79 Å².